The summed E-state index contributed by atoms with van der Waals surface area (Å²) in [6, 6.07) is 7.53. The molecule has 0 bridgehead atoms. The highest BCUT2D eigenvalue weighted by molar-refractivity contribution is 5.71. The van der Waals surface area contributed by atoms with Gasteiger partial charge in [0.05, 0.1) is 7.05 Å². The summed E-state index contributed by atoms with van der Waals surface area (Å²) in [6.45, 7) is 3.68. The maximum absolute atomic E-state index is 11.1. The zero-order valence-electron chi connectivity index (χ0n) is 9.97. The van der Waals surface area contributed by atoms with Gasteiger partial charge in [-0.25, -0.2) is 9.55 Å². The van der Waals surface area contributed by atoms with Crippen LogP contribution in [0.5, 0.6) is 0 Å². The highest BCUT2D eigenvalue weighted by atomic mass is 16.6. The van der Waals surface area contributed by atoms with Gasteiger partial charge in [0.1, 0.15) is 0 Å². The van der Waals surface area contributed by atoms with Crippen LogP contribution in [0.1, 0.15) is 11.4 Å². The van der Waals surface area contributed by atoms with Gasteiger partial charge in [-0.2, -0.15) is 0 Å². The molecule has 88 valence electrons. The fourth-order valence-corrected chi connectivity index (χ4v) is 1.83. The molecule has 1 heterocycles. The fraction of sp³-hybridized carbons (Fsp3) is 0.250. The van der Waals surface area contributed by atoms with E-state index in [-0.39, 0.29) is 10.7 Å². The predicted molar refractivity (Wildman–Crippen MR) is 64.8 cm³/mol. The molecule has 0 saturated carbocycles. The lowest BCUT2D eigenvalue weighted by Gasteiger charge is -2.02. The molecule has 0 aliphatic carbocycles. The number of hydrogen-bond acceptors (Lipinski definition) is 3. The first kappa shape index (κ1) is 11.3. The summed E-state index contributed by atoms with van der Waals surface area (Å²) in [5.41, 5.74) is 2.23. The van der Waals surface area contributed by atoms with Crippen molar-refractivity contribution in [1.29, 1.82) is 0 Å². The monoisotopic (exact) mass is 231 g/mol. The molecule has 0 fully saturated rings. The molecule has 0 aliphatic rings. The minimum atomic E-state index is -0.387. The van der Waals surface area contributed by atoms with E-state index >= 15 is 0 Å². The molecule has 0 atom stereocenters. The van der Waals surface area contributed by atoms with E-state index in [9.17, 15) is 10.1 Å². The molecule has 1 aromatic carbocycles. The van der Waals surface area contributed by atoms with Crippen molar-refractivity contribution in [2.24, 2.45) is 7.05 Å². The van der Waals surface area contributed by atoms with Crippen molar-refractivity contribution >= 4 is 5.82 Å². The average Bonchev–Trinajstić information content (AvgIpc) is 2.56. The second kappa shape index (κ2) is 4.01. The minimum absolute atomic E-state index is 0.0387. The summed E-state index contributed by atoms with van der Waals surface area (Å²) in [4.78, 5) is 15.0. The SMILES string of the molecule is Cc1ccccc1-c1nc(C)n(C)c1[N+](=O)[O-]. The van der Waals surface area contributed by atoms with Crippen molar-refractivity contribution in [3.8, 4) is 11.3 Å². The number of aromatic nitrogens is 2. The Bertz CT molecular complexity index is 587. The number of imidazole rings is 1. The average molecular weight is 231 g/mol. The molecule has 5 heteroatoms. The number of nitro groups is 1. The van der Waals surface area contributed by atoms with Gasteiger partial charge in [0.2, 0.25) is 0 Å². The van der Waals surface area contributed by atoms with E-state index < -0.39 is 0 Å². The summed E-state index contributed by atoms with van der Waals surface area (Å²) in [7, 11) is 1.65. The van der Waals surface area contributed by atoms with Crippen LogP contribution in [0.3, 0.4) is 0 Å². The molecular formula is C12H13N3O2. The van der Waals surface area contributed by atoms with Crippen LogP contribution in [-0.4, -0.2) is 14.5 Å². The molecule has 0 amide bonds. The molecule has 1 aromatic heterocycles. The van der Waals surface area contributed by atoms with E-state index in [0.717, 1.165) is 11.1 Å². The number of nitrogens with zero attached hydrogens (tertiary/aromatic N) is 3. The molecule has 0 saturated heterocycles. The Morgan fingerprint density at radius 3 is 2.53 bits per heavy atom. The van der Waals surface area contributed by atoms with Gasteiger partial charge >= 0.3 is 5.82 Å². The highest BCUT2D eigenvalue weighted by Crippen LogP contribution is 2.31. The fourth-order valence-electron chi connectivity index (χ4n) is 1.83. The van der Waals surface area contributed by atoms with Crippen LogP contribution in [-0.2, 0) is 7.05 Å². The normalized spacial score (nSPS) is 10.5. The lowest BCUT2D eigenvalue weighted by atomic mass is 10.1. The predicted octanol–water partition coefficient (Wildman–Crippen LogP) is 2.61. The number of hydrogen-bond donors (Lipinski definition) is 0. The van der Waals surface area contributed by atoms with Crippen molar-refractivity contribution in [2.45, 2.75) is 13.8 Å². The van der Waals surface area contributed by atoms with Crippen molar-refractivity contribution in [1.82, 2.24) is 9.55 Å². The van der Waals surface area contributed by atoms with Gasteiger partial charge in [0.15, 0.2) is 11.5 Å². The van der Waals surface area contributed by atoms with Crippen LogP contribution in [0.4, 0.5) is 5.82 Å². The van der Waals surface area contributed by atoms with Gasteiger partial charge < -0.3 is 10.1 Å². The van der Waals surface area contributed by atoms with E-state index in [1.807, 2.05) is 31.2 Å². The van der Waals surface area contributed by atoms with Crippen molar-refractivity contribution in [3.05, 3.63) is 45.8 Å². The van der Waals surface area contributed by atoms with Gasteiger partial charge in [-0.15, -0.1) is 0 Å². The van der Waals surface area contributed by atoms with Crippen LogP contribution < -0.4 is 0 Å². The summed E-state index contributed by atoms with van der Waals surface area (Å²) in [5, 5.41) is 11.1. The molecule has 0 N–H and O–H groups in total. The third-order valence-electron chi connectivity index (χ3n) is 2.86. The molecule has 0 unspecified atom stereocenters. The van der Waals surface area contributed by atoms with Crippen LogP contribution >= 0.6 is 0 Å². The van der Waals surface area contributed by atoms with Gasteiger partial charge in [-0.3, -0.25) is 0 Å². The minimum Gasteiger partial charge on any atom is -0.358 e. The molecular weight excluding hydrogens is 218 g/mol. The molecule has 0 spiro atoms. The molecule has 17 heavy (non-hydrogen) atoms. The first-order chi connectivity index (χ1) is 8.02. The molecule has 5 nitrogen and oxygen atoms in total. The van der Waals surface area contributed by atoms with E-state index in [0.29, 0.717) is 11.5 Å². The summed E-state index contributed by atoms with van der Waals surface area (Å²) < 4.78 is 1.50. The molecule has 2 aromatic rings. The Kier molecular flexibility index (Phi) is 2.67. The number of rotatable bonds is 2. The standard InChI is InChI=1S/C12H13N3O2/c1-8-6-4-5-7-10(8)11-12(15(16)17)14(3)9(2)13-11/h4-7H,1-3H3. The number of benzene rings is 1. The smallest absolute Gasteiger partial charge is 0.350 e. The quantitative estimate of drug-likeness (QED) is 0.589. The zero-order chi connectivity index (χ0) is 12.6. The molecule has 0 radical (unpaired) electrons. The van der Waals surface area contributed by atoms with Crippen LogP contribution in [0, 0.1) is 24.0 Å². The first-order valence-corrected chi connectivity index (χ1v) is 5.26. The second-order valence-electron chi connectivity index (χ2n) is 3.96. The molecule has 2 rings (SSSR count). The zero-order valence-corrected chi connectivity index (χ0v) is 9.97. The largest absolute Gasteiger partial charge is 0.358 e. The van der Waals surface area contributed by atoms with Crippen LogP contribution in [0.25, 0.3) is 11.3 Å². The van der Waals surface area contributed by atoms with Crippen LogP contribution in [0.2, 0.25) is 0 Å². The maximum atomic E-state index is 11.1. The lowest BCUT2D eigenvalue weighted by Crippen LogP contribution is -1.99. The highest BCUT2D eigenvalue weighted by Gasteiger charge is 2.24. The van der Waals surface area contributed by atoms with Gasteiger partial charge in [-0.1, -0.05) is 24.3 Å². The third-order valence-corrected chi connectivity index (χ3v) is 2.86. The number of aryl methyl sites for hydroxylation is 2. The van der Waals surface area contributed by atoms with E-state index in [4.69, 9.17) is 0 Å². The second-order valence-corrected chi connectivity index (χ2v) is 3.96. The Morgan fingerprint density at radius 2 is 1.94 bits per heavy atom. The Labute approximate surface area is 98.9 Å². The van der Waals surface area contributed by atoms with Crippen molar-refractivity contribution in [2.75, 3.05) is 0 Å². The van der Waals surface area contributed by atoms with Gasteiger partial charge in [0, 0.05) is 12.5 Å². The summed E-state index contributed by atoms with van der Waals surface area (Å²) in [6.07, 6.45) is 0. The van der Waals surface area contributed by atoms with E-state index in [2.05, 4.69) is 4.98 Å². The maximum Gasteiger partial charge on any atom is 0.350 e. The Hall–Kier alpha value is -2.17. The van der Waals surface area contributed by atoms with E-state index in [1.165, 1.54) is 4.57 Å². The lowest BCUT2D eigenvalue weighted by molar-refractivity contribution is -0.391. The third kappa shape index (κ3) is 1.80. The summed E-state index contributed by atoms with van der Waals surface area (Å²) in [5.74, 6) is 0.673. The van der Waals surface area contributed by atoms with Gasteiger partial charge in [-0.05, 0) is 17.4 Å². The van der Waals surface area contributed by atoms with Crippen LogP contribution in [0.15, 0.2) is 24.3 Å². The van der Waals surface area contributed by atoms with E-state index in [1.54, 1.807) is 14.0 Å². The summed E-state index contributed by atoms with van der Waals surface area (Å²) >= 11 is 0. The Balaban J connectivity index is 2.72. The Morgan fingerprint density at radius 1 is 1.29 bits per heavy atom. The first-order valence-electron chi connectivity index (χ1n) is 5.26. The van der Waals surface area contributed by atoms with Crippen molar-refractivity contribution in [3.63, 3.8) is 0 Å². The van der Waals surface area contributed by atoms with Crippen molar-refractivity contribution < 1.29 is 4.92 Å². The molecule has 0 aliphatic heterocycles. The van der Waals surface area contributed by atoms with Gasteiger partial charge in [0.25, 0.3) is 0 Å². The topological polar surface area (TPSA) is 61.0 Å².